The van der Waals surface area contributed by atoms with Crippen molar-refractivity contribution in [2.45, 2.75) is 11.9 Å². The fourth-order valence-electron chi connectivity index (χ4n) is 1.89. The van der Waals surface area contributed by atoms with Crippen LogP contribution >= 0.6 is 11.4 Å². The molecule has 0 bridgehead atoms. The van der Waals surface area contributed by atoms with E-state index in [2.05, 4.69) is 5.32 Å². The van der Waals surface area contributed by atoms with Gasteiger partial charge >= 0.3 is 12.1 Å². The van der Waals surface area contributed by atoms with Gasteiger partial charge in [0.15, 0.2) is 0 Å². The number of aromatic carboxylic acids is 1. The third-order valence-electron chi connectivity index (χ3n) is 3.08. The maximum Gasteiger partial charge on any atom is 0.416 e. The molecule has 2 aromatic carbocycles. The number of benzene rings is 2. The Morgan fingerprint density at radius 2 is 1.83 bits per heavy atom. The van der Waals surface area contributed by atoms with Crippen LogP contribution in [0.2, 0.25) is 0 Å². The lowest BCUT2D eigenvalue weighted by molar-refractivity contribution is -0.137. The van der Waals surface area contributed by atoms with Gasteiger partial charge in [-0.1, -0.05) is 12.1 Å². The van der Waals surface area contributed by atoms with Gasteiger partial charge in [-0.25, -0.2) is 9.18 Å². The number of halogens is 4. The van der Waals surface area contributed by atoms with Crippen LogP contribution in [0.15, 0.2) is 42.5 Å². The van der Waals surface area contributed by atoms with Crippen LogP contribution in [-0.2, 0) is 11.9 Å². The summed E-state index contributed by atoms with van der Waals surface area (Å²) < 4.78 is 50.5. The quantitative estimate of drug-likeness (QED) is 0.422. The first kappa shape index (κ1) is 18.0. The normalized spacial score (nSPS) is 12.0. The Kier molecular flexibility index (Phi) is 5.61. The lowest BCUT2D eigenvalue weighted by atomic mass is 10.1. The van der Waals surface area contributed by atoms with Crippen molar-refractivity contribution in [3.05, 3.63) is 65.0 Å². The average molecular weight is 359 g/mol. The molecule has 128 valence electrons. The molecule has 2 rings (SSSR count). The number of carboxylic acid groups (broad SMARTS) is 1. The lowest BCUT2D eigenvalue weighted by Crippen LogP contribution is -2.05. The van der Waals surface area contributed by atoms with E-state index in [4.69, 9.17) is 5.11 Å². The molecule has 8 heteroatoms. The lowest BCUT2D eigenvalue weighted by Gasteiger charge is -2.07. The maximum atomic E-state index is 13.2. The Bertz CT molecular complexity index is 758. The zero-order chi connectivity index (χ0) is 17.7. The van der Waals surface area contributed by atoms with Crippen LogP contribution in [0.1, 0.15) is 21.5 Å². The van der Waals surface area contributed by atoms with Crippen molar-refractivity contribution in [3.63, 3.8) is 0 Å². The zero-order valence-corrected chi connectivity index (χ0v) is 13.0. The maximum absolute atomic E-state index is 13.2. The van der Waals surface area contributed by atoms with Crippen LogP contribution in [0.4, 0.5) is 23.2 Å². The van der Waals surface area contributed by atoms with Gasteiger partial charge in [0.2, 0.25) is 0 Å². The molecular formula is C16H13F4NO2S. The molecule has 3 nitrogen and oxygen atoms in total. The summed E-state index contributed by atoms with van der Waals surface area (Å²) in [7, 11) is 0. The molecule has 0 aliphatic heterocycles. The molecule has 0 radical (unpaired) electrons. The van der Waals surface area contributed by atoms with Gasteiger partial charge in [0.25, 0.3) is 0 Å². The highest BCUT2D eigenvalue weighted by molar-refractivity contribution is 7.96. The van der Waals surface area contributed by atoms with Crippen LogP contribution < -0.4 is 5.32 Å². The minimum atomic E-state index is -4.37. The van der Waals surface area contributed by atoms with Gasteiger partial charge in [-0.15, -0.1) is 0 Å². The number of rotatable bonds is 5. The molecule has 0 aliphatic rings. The minimum Gasteiger partial charge on any atom is -0.478 e. The standard InChI is InChI=1S/C16H13F4NO2S/c17-12-5-6-13(15(22)23)14(7-12)21-9-24-8-10-1-3-11(4-2-10)16(18,19)20/h1-7,9,21,24H,8H2,(H,22,23). The summed E-state index contributed by atoms with van der Waals surface area (Å²) in [4.78, 5) is 11.0. The highest BCUT2D eigenvalue weighted by atomic mass is 32.1. The van der Waals surface area contributed by atoms with E-state index >= 15 is 0 Å². The Hall–Kier alpha value is -2.35. The predicted molar refractivity (Wildman–Crippen MR) is 87.2 cm³/mol. The number of anilines is 1. The molecule has 2 aromatic rings. The molecule has 0 heterocycles. The first-order valence-electron chi connectivity index (χ1n) is 6.71. The van der Waals surface area contributed by atoms with Crippen molar-refractivity contribution < 1.29 is 27.5 Å². The molecule has 0 unspecified atom stereocenters. The van der Waals surface area contributed by atoms with E-state index in [1.165, 1.54) is 17.6 Å². The first-order chi connectivity index (χ1) is 11.3. The van der Waals surface area contributed by atoms with Crippen molar-refractivity contribution in [3.8, 4) is 0 Å². The Labute approximate surface area is 138 Å². The van der Waals surface area contributed by atoms with Crippen LogP contribution in [-0.4, -0.2) is 16.6 Å². The number of alkyl halides is 3. The molecule has 0 aliphatic carbocycles. The van der Waals surface area contributed by atoms with Gasteiger partial charge in [0.05, 0.1) is 16.8 Å². The topological polar surface area (TPSA) is 49.3 Å². The number of nitrogens with one attached hydrogen (secondary N) is 1. The Balaban J connectivity index is 2.01. The second kappa shape index (κ2) is 7.48. The smallest absolute Gasteiger partial charge is 0.416 e. The molecule has 0 spiro atoms. The fraction of sp³-hybridized carbons (Fsp3) is 0.125. The van der Waals surface area contributed by atoms with Crippen LogP contribution in [0.5, 0.6) is 0 Å². The van der Waals surface area contributed by atoms with E-state index < -0.39 is 23.5 Å². The van der Waals surface area contributed by atoms with Crippen molar-refractivity contribution in [2.24, 2.45) is 0 Å². The molecule has 0 amide bonds. The number of carbonyl (C=O) groups is 1. The second-order valence-electron chi connectivity index (χ2n) is 4.80. The number of thiol groups is 1. The summed E-state index contributed by atoms with van der Waals surface area (Å²) in [6.07, 6.45) is -4.37. The van der Waals surface area contributed by atoms with Crippen molar-refractivity contribution in [1.82, 2.24) is 0 Å². The molecule has 0 saturated heterocycles. The highest BCUT2D eigenvalue weighted by Crippen LogP contribution is 2.29. The Morgan fingerprint density at radius 1 is 1.17 bits per heavy atom. The summed E-state index contributed by atoms with van der Waals surface area (Å²) in [6, 6.07) is 8.05. The third-order valence-corrected chi connectivity index (χ3v) is 3.94. The molecule has 2 N–H and O–H groups in total. The number of hydrogen-bond acceptors (Lipinski definition) is 1. The third kappa shape index (κ3) is 4.82. The van der Waals surface area contributed by atoms with E-state index in [9.17, 15) is 22.4 Å². The van der Waals surface area contributed by atoms with Crippen LogP contribution in [0.3, 0.4) is 0 Å². The number of carboxylic acids is 1. The molecule has 0 atom stereocenters. The van der Waals surface area contributed by atoms with Crippen molar-refractivity contribution in [2.75, 3.05) is 5.32 Å². The van der Waals surface area contributed by atoms with E-state index in [0.29, 0.717) is 22.7 Å². The zero-order valence-electron chi connectivity index (χ0n) is 12.1. The SMILES string of the molecule is O=C(O)c1ccc(F)cc1NC=[SH]Cc1ccc(C(F)(F)F)cc1. The highest BCUT2D eigenvalue weighted by Gasteiger charge is 2.29. The molecular weight excluding hydrogens is 346 g/mol. The van der Waals surface area contributed by atoms with Crippen molar-refractivity contribution in [1.29, 1.82) is 0 Å². The van der Waals surface area contributed by atoms with E-state index in [1.807, 2.05) is 0 Å². The van der Waals surface area contributed by atoms with Gasteiger partial charge in [0.1, 0.15) is 5.82 Å². The van der Waals surface area contributed by atoms with E-state index in [0.717, 1.165) is 30.3 Å². The number of hydrogen-bond donors (Lipinski definition) is 3. The monoisotopic (exact) mass is 359 g/mol. The van der Waals surface area contributed by atoms with Gasteiger partial charge in [0, 0.05) is 11.2 Å². The summed E-state index contributed by atoms with van der Waals surface area (Å²) in [5.41, 5.74) is 1.54. The van der Waals surface area contributed by atoms with Gasteiger partial charge < -0.3 is 10.4 Å². The molecule has 0 aromatic heterocycles. The van der Waals surface area contributed by atoms with Gasteiger partial charge in [-0.2, -0.15) is 24.5 Å². The summed E-state index contributed by atoms with van der Waals surface area (Å²) in [5.74, 6) is -1.33. The molecule has 0 fully saturated rings. The Morgan fingerprint density at radius 3 is 2.42 bits per heavy atom. The van der Waals surface area contributed by atoms with Crippen LogP contribution in [0, 0.1) is 5.82 Å². The predicted octanol–water partition coefficient (Wildman–Crippen LogP) is 4.38. The van der Waals surface area contributed by atoms with Crippen LogP contribution in [0.25, 0.3) is 0 Å². The van der Waals surface area contributed by atoms with E-state index in [-0.39, 0.29) is 11.3 Å². The molecule has 24 heavy (non-hydrogen) atoms. The van der Waals surface area contributed by atoms with Gasteiger partial charge in [-0.05, 0) is 35.9 Å². The summed E-state index contributed by atoms with van der Waals surface area (Å²) >= 11 is 0.690. The summed E-state index contributed by atoms with van der Waals surface area (Å²) in [6.45, 7) is 0. The second-order valence-corrected chi connectivity index (χ2v) is 5.74. The minimum absolute atomic E-state index is 0.0719. The van der Waals surface area contributed by atoms with Crippen molar-refractivity contribution >= 4 is 28.5 Å². The first-order valence-corrected chi connectivity index (χ1v) is 7.86. The fourth-order valence-corrected chi connectivity index (χ4v) is 2.63. The largest absolute Gasteiger partial charge is 0.478 e. The summed E-state index contributed by atoms with van der Waals surface area (Å²) in [5, 5.41) is 11.7. The van der Waals surface area contributed by atoms with Gasteiger partial charge in [-0.3, -0.25) is 0 Å². The molecule has 0 saturated carbocycles. The average Bonchev–Trinajstić information content (AvgIpc) is 2.51. The van der Waals surface area contributed by atoms with E-state index in [1.54, 1.807) is 0 Å².